The molecule has 0 heterocycles. The maximum Gasteiger partial charge on any atom is 0.119 e. The number of aromatic hydroxyl groups is 1. The van der Waals surface area contributed by atoms with Crippen molar-refractivity contribution >= 4 is 0 Å². The molecule has 0 aliphatic rings. The zero-order chi connectivity index (χ0) is 11.4. The van der Waals surface area contributed by atoms with Crippen LogP contribution in [0.25, 0.3) is 0 Å². The Kier molecular flexibility index (Phi) is 4.15. The molecule has 0 aliphatic heterocycles. The van der Waals surface area contributed by atoms with E-state index in [0.717, 1.165) is 18.4 Å². The maximum atomic E-state index is 9.63. The molecule has 15 heavy (non-hydrogen) atoms. The number of rotatable bonds is 4. The topological polar surface area (TPSA) is 40.5 Å². The Morgan fingerprint density at radius 3 is 2.40 bits per heavy atom. The van der Waals surface area contributed by atoms with Crippen molar-refractivity contribution in [1.82, 2.24) is 0 Å². The van der Waals surface area contributed by atoms with Gasteiger partial charge in [0.25, 0.3) is 0 Å². The smallest absolute Gasteiger partial charge is 0.119 e. The number of hydrogen-bond donors (Lipinski definition) is 2. The zero-order valence-electron chi connectivity index (χ0n) is 9.70. The summed E-state index contributed by atoms with van der Waals surface area (Å²) in [7, 11) is 0. The molecule has 0 fully saturated rings. The minimum Gasteiger partial charge on any atom is -0.508 e. The summed E-state index contributed by atoms with van der Waals surface area (Å²) in [5, 5.41) is 18.8. The first-order chi connectivity index (χ1) is 7.00. The predicted octanol–water partition coefficient (Wildman–Crippen LogP) is 2.83. The molecule has 0 spiro atoms. The maximum absolute atomic E-state index is 9.63. The van der Waals surface area contributed by atoms with Crippen molar-refractivity contribution in [3.63, 3.8) is 0 Å². The number of aryl methyl sites for hydroxylation is 1. The Morgan fingerprint density at radius 2 is 1.87 bits per heavy atom. The van der Waals surface area contributed by atoms with Crippen LogP contribution in [-0.2, 0) is 6.42 Å². The summed E-state index contributed by atoms with van der Waals surface area (Å²) in [6.45, 7) is 5.92. The zero-order valence-corrected chi connectivity index (χ0v) is 9.70. The fourth-order valence-electron chi connectivity index (χ4n) is 1.60. The minimum absolute atomic E-state index is 0.263. The normalized spacial score (nSPS) is 13.1. The molecule has 1 atom stereocenters. The van der Waals surface area contributed by atoms with Crippen molar-refractivity contribution in [3.8, 4) is 5.75 Å². The minimum atomic E-state index is -0.263. The van der Waals surface area contributed by atoms with Gasteiger partial charge in [-0.1, -0.05) is 26.0 Å². The number of hydrogen-bond acceptors (Lipinski definition) is 2. The molecule has 2 N–H and O–H groups in total. The summed E-state index contributed by atoms with van der Waals surface area (Å²) in [5.41, 5.74) is 2.16. The largest absolute Gasteiger partial charge is 0.508 e. The molecule has 0 aromatic heterocycles. The lowest BCUT2D eigenvalue weighted by molar-refractivity contribution is 0.185. The van der Waals surface area contributed by atoms with Gasteiger partial charge in [0.05, 0.1) is 6.10 Å². The van der Waals surface area contributed by atoms with E-state index in [9.17, 15) is 10.2 Å². The Balaban J connectivity index is 2.78. The molecule has 84 valence electrons. The van der Waals surface area contributed by atoms with Crippen molar-refractivity contribution < 1.29 is 10.2 Å². The lowest BCUT2D eigenvalue weighted by atomic mass is 9.97. The van der Waals surface area contributed by atoms with Gasteiger partial charge in [-0.25, -0.2) is 0 Å². The van der Waals surface area contributed by atoms with Crippen LogP contribution in [0.3, 0.4) is 0 Å². The van der Waals surface area contributed by atoms with Crippen molar-refractivity contribution in [2.24, 2.45) is 0 Å². The number of phenols is 1. The van der Waals surface area contributed by atoms with E-state index >= 15 is 0 Å². The van der Waals surface area contributed by atoms with E-state index in [-0.39, 0.29) is 6.10 Å². The van der Waals surface area contributed by atoms with Gasteiger partial charge in [0.1, 0.15) is 5.75 Å². The van der Waals surface area contributed by atoms with E-state index < -0.39 is 0 Å². The van der Waals surface area contributed by atoms with Crippen LogP contribution in [-0.4, -0.2) is 16.3 Å². The summed E-state index contributed by atoms with van der Waals surface area (Å²) in [6, 6.07) is 5.69. The second-order valence-electron chi connectivity index (χ2n) is 4.44. The van der Waals surface area contributed by atoms with E-state index in [0.29, 0.717) is 11.7 Å². The van der Waals surface area contributed by atoms with Crippen molar-refractivity contribution in [2.45, 2.75) is 45.6 Å². The first-order valence-corrected chi connectivity index (χ1v) is 5.50. The number of phenolic OH excluding ortho intramolecular Hbond substituents is 1. The third-order valence-corrected chi connectivity index (χ3v) is 2.56. The molecule has 1 aromatic rings. The molecule has 0 aliphatic carbocycles. The van der Waals surface area contributed by atoms with E-state index in [1.165, 1.54) is 5.56 Å². The molecule has 0 saturated heterocycles. The molecule has 2 nitrogen and oxygen atoms in total. The van der Waals surface area contributed by atoms with Crippen molar-refractivity contribution in [2.75, 3.05) is 0 Å². The fraction of sp³-hybridized carbons (Fsp3) is 0.538. The Labute approximate surface area is 91.6 Å². The fourth-order valence-corrected chi connectivity index (χ4v) is 1.60. The van der Waals surface area contributed by atoms with Gasteiger partial charge < -0.3 is 10.2 Å². The average Bonchev–Trinajstić information content (AvgIpc) is 2.16. The van der Waals surface area contributed by atoms with E-state index in [2.05, 4.69) is 13.8 Å². The van der Waals surface area contributed by atoms with Crippen molar-refractivity contribution in [1.29, 1.82) is 0 Å². The Bertz CT molecular complexity index is 316. The first-order valence-electron chi connectivity index (χ1n) is 5.50. The van der Waals surface area contributed by atoms with Gasteiger partial charge in [-0.3, -0.25) is 0 Å². The van der Waals surface area contributed by atoms with Crippen molar-refractivity contribution in [3.05, 3.63) is 29.3 Å². The van der Waals surface area contributed by atoms with Crippen LogP contribution in [0.5, 0.6) is 5.75 Å². The highest BCUT2D eigenvalue weighted by Crippen LogP contribution is 2.26. The van der Waals surface area contributed by atoms with Gasteiger partial charge >= 0.3 is 0 Å². The van der Waals surface area contributed by atoms with Gasteiger partial charge in [0.2, 0.25) is 0 Å². The van der Waals surface area contributed by atoms with E-state index in [1.54, 1.807) is 13.0 Å². The monoisotopic (exact) mass is 208 g/mol. The summed E-state index contributed by atoms with van der Waals surface area (Å²) in [6.07, 6.45) is 1.36. The highest BCUT2D eigenvalue weighted by Gasteiger charge is 2.07. The third-order valence-electron chi connectivity index (χ3n) is 2.56. The predicted molar refractivity (Wildman–Crippen MR) is 62.2 cm³/mol. The van der Waals surface area contributed by atoms with E-state index in [4.69, 9.17) is 0 Å². The van der Waals surface area contributed by atoms with Gasteiger partial charge in [0.15, 0.2) is 0 Å². The quantitative estimate of drug-likeness (QED) is 0.798. The van der Waals surface area contributed by atoms with Crippen LogP contribution in [0.1, 0.15) is 44.2 Å². The summed E-state index contributed by atoms with van der Waals surface area (Å²) in [4.78, 5) is 0. The van der Waals surface area contributed by atoms with Crippen LogP contribution in [0.2, 0.25) is 0 Å². The van der Waals surface area contributed by atoms with Gasteiger partial charge in [0, 0.05) is 0 Å². The second kappa shape index (κ2) is 5.17. The molecule has 0 bridgehead atoms. The molecule has 0 amide bonds. The highest BCUT2D eigenvalue weighted by atomic mass is 16.3. The summed E-state index contributed by atoms with van der Waals surface area (Å²) < 4.78 is 0. The molecule has 1 unspecified atom stereocenters. The number of aliphatic hydroxyl groups is 1. The SMILES string of the molecule is CC(O)CCc1ccc(O)c(C(C)C)c1. The Morgan fingerprint density at radius 1 is 1.20 bits per heavy atom. The highest BCUT2D eigenvalue weighted by molar-refractivity contribution is 5.38. The first kappa shape index (κ1) is 12.1. The number of aliphatic hydroxyl groups excluding tert-OH is 1. The molecule has 0 saturated carbocycles. The lowest BCUT2D eigenvalue weighted by Gasteiger charge is -2.11. The molecular weight excluding hydrogens is 188 g/mol. The third kappa shape index (κ3) is 3.56. The Hall–Kier alpha value is -1.02. The summed E-state index contributed by atoms with van der Waals surface area (Å²) >= 11 is 0. The molecule has 0 radical (unpaired) electrons. The van der Waals surface area contributed by atoms with Gasteiger partial charge in [-0.15, -0.1) is 0 Å². The molecule has 1 rings (SSSR count). The standard InChI is InChI=1S/C13H20O2/c1-9(2)12-8-11(5-4-10(3)14)6-7-13(12)15/h6-10,14-15H,4-5H2,1-3H3. The van der Waals surface area contributed by atoms with Crippen LogP contribution < -0.4 is 0 Å². The van der Waals surface area contributed by atoms with E-state index in [1.807, 2.05) is 12.1 Å². The summed E-state index contributed by atoms with van der Waals surface area (Å²) in [5.74, 6) is 0.697. The van der Waals surface area contributed by atoms with Crippen LogP contribution in [0.4, 0.5) is 0 Å². The second-order valence-corrected chi connectivity index (χ2v) is 4.44. The van der Waals surface area contributed by atoms with Crippen LogP contribution >= 0.6 is 0 Å². The average molecular weight is 208 g/mol. The van der Waals surface area contributed by atoms with Gasteiger partial charge in [-0.05, 0) is 42.9 Å². The van der Waals surface area contributed by atoms with Crippen LogP contribution in [0.15, 0.2) is 18.2 Å². The molecule has 2 heteroatoms. The lowest BCUT2D eigenvalue weighted by Crippen LogP contribution is -2.02. The molecular formula is C13H20O2. The number of benzene rings is 1. The van der Waals surface area contributed by atoms with Crippen LogP contribution in [0, 0.1) is 0 Å². The molecule has 1 aromatic carbocycles. The van der Waals surface area contributed by atoms with Gasteiger partial charge in [-0.2, -0.15) is 0 Å².